The van der Waals surface area contributed by atoms with E-state index in [0.717, 1.165) is 29.5 Å². The third-order valence-electron chi connectivity index (χ3n) is 6.05. The van der Waals surface area contributed by atoms with Gasteiger partial charge in [0.1, 0.15) is 17.0 Å². The molecule has 0 unspecified atom stereocenters. The standard InChI is InChI=1S/C28H28ClN3O4/c1-18-5-7-19(8-6-18)17-32-23(22(30-26(32)29)13-14-27(2,3)35)24(33)31-28(15-16-28)21-11-9-20(10-12-21)25(34)36-4/h5-12,35H,15-17H2,1-4H3,(H,31,33). The van der Waals surface area contributed by atoms with Crippen LogP contribution in [0, 0.1) is 18.8 Å². The lowest BCUT2D eigenvalue weighted by atomic mass is 10.0. The number of benzene rings is 2. The second-order valence-electron chi connectivity index (χ2n) is 9.56. The lowest BCUT2D eigenvalue weighted by Gasteiger charge is -2.19. The molecule has 8 heteroatoms. The number of aromatic nitrogens is 2. The van der Waals surface area contributed by atoms with Crippen molar-refractivity contribution in [1.29, 1.82) is 0 Å². The smallest absolute Gasteiger partial charge is 0.337 e. The maximum atomic E-state index is 13.7. The Morgan fingerprint density at radius 2 is 1.81 bits per heavy atom. The van der Waals surface area contributed by atoms with Crippen LogP contribution in [-0.2, 0) is 16.8 Å². The molecule has 7 nitrogen and oxygen atoms in total. The van der Waals surface area contributed by atoms with Crippen LogP contribution in [0.4, 0.5) is 0 Å². The molecule has 1 saturated carbocycles. The molecule has 1 amide bonds. The molecule has 1 fully saturated rings. The Bertz CT molecular complexity index is 1350. The number of aryl methyl sites for hydroxylation is 1. The van der Waals surface area contributed by atoms with Crippen molar-refractivity contribution in [3.63, 3.8) is 0 Å². The van der Waals surface area contributed by atoms with Gasteiger partial charge >= 0.3 is 5.97 Å². The van der Waals surface area contributed by atoms with Gasteiger partial charge in [0.15, 0.2) is 0 Å². The lowest BCUT2D eigenvalue weighted by Crippen LogP contribution is -2.36. The number of rotatable bonds is 6. The number of aliphatic hydroxyl groups is 1. The van der Waals surface area contributed by atoms with Gasteiger partial charge in [0.2, 0.25) is 5.28 Å². The molecule has 0 bridgehead atoms. The molecule has 0 atom stereocenters. The first-order chi connectivity index (χ1) is 17.0. The van der Waals surface area contributed by atoms with E-state index in [4.69, 9.17) is 16.3 Å². The van der Waals surface area contributed by atoms with E-state index in [9.17, 15) is 14.7 Å². The summed E-state index contributed by atoms with van der Waals surface area (Å²) in [4.78, 5) is 29.8. The van der Waals surface area contributed by atoms with Crippen LogP contribution in [0.5, 0.6) is 0 Å². The van der Waals surface area contributed by atoms with E-state index in [1.165, 1.54) is 7.11 Å². The van der Waals surface area contributed by atoms with Gasteiger partial charge in [-0.1, -0.05) is 47.9 Å². The molecule has 2 aromatic carbocycles. The van der Waals surface area contributed by atoms with E-state index >= 15 is 0 Å². The maximum absolute atomic E-state index is 13.7. The van der Waals surface area contributed by atoms with E-state index in [2.05, 4.69) is 22.1 Å². The van der Waals surface area contributed by atoms with Gasteiger partial charge in [-0.15, -0.1) is 0 Å². The van der Waals surface area contributed by atoms with E-state index in [1.807, 2.05) is 43.3 Å². The third kappa shape index (κ3) is 5.62. The van der Waals surface area contributed by atoms with Crippen molar-refractivity contribution in [2.45, 2.75) is 51.3 Å². The largest absolute Gasteiger partial charge is 0.465 e. The fourth-order valence-corrected chi connectivity index (χ4v) is 4.13. The summed E-state index contributed by atoms with van der Waals surface area (Å²) in [5, 5.41) is 13.4. The number of esters is 1. The highest BCUT2D eigenvalue weighted by atomic mass is 35.5. The zero-order valence-corrected chi connectivity index (χ0v) is 21.4. The number of amides is 1. The Hall–Kier alpha value is -3.60. The second kappa shape index (κ2) is 9.81. The first-order valence-corrected chi connectivity index (χ1v) is 12.0. The Labute approximate surface area is 215 Å². The van der Waals surface area contributed by atoms with Crippen LogP contribution < -0.4 is 5.32 Å². The van der Waals surface area contributed by atoms with Gasteiger partial charge in [0, 0.05) is 0 Å². The van der Waals surface area contributed by atoms with E-state index in [0.29, 0.717) is 12.1 Å². The molecule has 0 spiro atoms. The zero-order chi connectivity index (χ0) is 26.1. The second-order valence-corrected chi connectivity index (χ2v) is 9.90. The van der Waals surface area contributed by atoms with Gasteiger partial charge in [-0.05, 0) is 74.4 Å². The van der Waals surface area contributed by atoms with Gasteiger partial charge < -0.3 is 19.7 Å². The average Bonchev–Trinajstić information content (AvgIpc) is 3.55. The summed E-state index contributed by atoms with van der Waals surface area (Å²) in [7, 11) is 1.34. The quantitative estimate of drug-likeness (QED) is 0.386. The van der Waals surface area contributed by atoms with Crippen molar-refractivity contribution in [1.82, 2.24) is 14.9 Å². The summed E-state index contributed by atoms with van der Waals surface area (Å²) in [6, 6.07) is 15.0. The number of ether oxygens (including phenoxy) is 1. The van der Waals surface area contributed by atoms with Gasteiger partial charge in [-0.25, -0.2) is 9.78 Å². The Morgan fingerprint density at radius 1 is 1.17 bits per heavy atom. The Balaban J connectivity index is 1.68. The molecule has 186 valence electrons. The molecule has 3 aromatic rings. The third-order valence-corrected chi connectivity index (χ3v) is 6.33. The van der Waals surface area contributed by atoms with E-state index in [-0.39, 0.29) is 22.6 Å². The van der Waals surface area contributed by atoms with Crippen molar-refractivity contribution in [3.8, 4) is 11.8 Å². The number of hydrogen-bond donors (Lipinski definition) is 2. The molecular weight excluding hydrogens is 478 g/mol. The minimum Gasteiger partial charge on any atom is -0.465 e. The highest BCUT2D eigenvalue weighted by molar-refractivity contribution is 6.29. The van der Waals surface area contributed by atoms with Crippen LogP contribution in [-0.4, -0.2) is 39.2 Å². The zero-order valence-electron chi connectivity index (χ0n) is 20.7. The molecule has 4 rings (SSSR count). The van der Waals surface area contributed by atoms with Crippen LogP contribution >= 0.6 is 11.6 Å². The van der Waals surface area contributed by atoms with Gasteiger partial charge in [0.25, 0.3) is 5.91 Å². The number of nitrogens with zero attached hydrogens (tertiary/aromatic N) is 2. The minimum atomic E-state index is -1.26. The van der Waals surface area contributed by atoms with Crippen LogP contribution in [0.25, 0.3) is 0 Å². The highest BCUT2D eigenvalue weighted by Gasteiger charge is 2.46. The summed E-state index contributed by atoms with van der Waals surface area (Å²) in [6.07, 6.45) is 1.50. The Morgan fingerprint density at radius 3 is 2.36 bits per heavy atom. The number of nitrogens with one attached hydrogen (secondary N) is 1. The van der Waals surface area contributed by atoms with Crippen LogP contribution in [0.1, 0.15) is 69.9 Å². The normalized spacial score (nSPS) is 13.9. The van der Waals surface area contributed by atoms with E-state index < -0.39 is 17.1 Å². The number of hydrogen-bond acceptors (Lipinski definition) is 5. The molecule has 0 aliphatic heterocycles. The van der Waals surface area contributed by atoms with Crippen molar-refractivity contribution in [2.75, 3.05) is 7.11 Å². The monoisotopic (exact) mass is 505 g/mol. The molecule has 0 saturated heterocycles. The van der Waals surface area contributed by atoms with Gasteiger partial charge in [0.05, 0.1) is 24.8 Å². The number of carbonyl (C=O) groups excluding carboxylic acids is 2. The fraction of sp³-hybridized carbons (Fsp3) is 0.321. The molecule has 0 radical (unpaired) electrons. The minimum absolute atomic E-state index is 0.132. The lowest BCUT2D eigenvalue weighted by molar-refractivity contribution is 0.0600. The number of imidazole rings is 1. The van der Waals surface area contributed by atoms with Crippen molar-refractivity contribution in [2.24, 2.45) is 0 Å². The average molecular weight is 506 g/mol. The first-order valence-electron chi connectivity index (χ1n) is 11.6. The summed E-state index contributed by atoms with van der Waals surface area (Å²) in [6.45, 7) is 5.45. The molecule has 1 heterocycles. The first kappa shape index (κ1) is 25.5. The van der Waals surface area contributed by atoms with Crippen molar-refractivity contribution in [3.05, 3.63) is 87.5 Å². The SMILES string of the molecule is COC(=O)c1ccc(C2(NC(=O)c3c(C#CC(C)(C)O)nc(Cl)n3Cc3ccc(C)cc3)CC2)cc1. The predicted octanol–water partition coefficient (Wildman–Crippen LogP) is 4.22. The van der Waals surface area contributed by atoms with Crippen LogP contribution in [0.3, 0.4) is 0 Å². The highest BCUT2D eigenvalue weighted by Crippen LogP contribution is 2.45. The van der Waals surface area contributed by atoms with Crippen molar-refractivity contribution >= 4 is 23.5 Å². The predicted molar refractivity (Wildman–Crippen MR) is 137 cm³/mol. The fourth-order valence-electron chi connectivity index (χ4n) is 3.91. The molecular formula is C28H28ClN3O4. The molecule has 2 N–H and O–H groups in total. The summed E-state index contributed by atoms with van der Waals surface area (Å²) in [5.74, 6) is 4.78. The number of carbonyl (C=O) groups is 2. The number of methoxy groups -OCH3 is 1. The van der Waals surface area contributed by atoms with Gasteiger partial charge in [-0.3, -0.25) is 4.79 Å². The van der Waals surface area contributed by atoms with Crippen LogP contribution in [0.2, 0.25) is 5.28 Å². The van der Waals surface area contributed by atoms with E-state index in [1.54, 1.807) is 30.5 Å². The molecule has 36 heavy (non-hydrogen) atoms. The number of halogens is 1. The summed E-state index contributed by atoms with van der Waals surface area (Å²) >= 11 is 6.49. The van der Waals surface area contributed by atoms with Gasteiger partial charge in [-0.2, -0.15) is 0 Å². The maximum Gasteiger partial charge on any atom is 0.337 e. The molecule has 1 aliphatic rings. The van der Waals surface area contributed by atoms with Crippen molar-refractivity contribution < 1.29 is 19.4 Å². The molecule has 1 aliphatic carbocycles. The summed E-state index contributed by atoms with van der Waals surface area (Å²) < 4.78 is 6.40. The Kier molecular flexibility index (Phi) is 6.94. The molecule has 1 aromatic heterocycles. The summed E-state index contributed by atoms with van der Waals surface area (Å²) in [5.41, 5.74) is 2.02. The van der Waals surface area contributed by atoms with Crippen LogP contribution in [0.15, 0.2) is 48.5 Å². The topological polar surface area (TPSA) is 93.4 Å².